The first kappa shape index (κ1) is 21.6. The molecule has 0 saturated carbocycles. The van der Waals surface area contributed by atoms with Crippen LogP contribution in [0.25, 0.3) is 0 Å². The SMILES string of the molecule is CCC(Oc1ccccc1F)C(=O)N1CCC(c2cncc(Nc3ncccn3)n2)CC1. The third kappa shape index (κ3) is 5.16. The lowest BCUT2D eigenvalue weighted by atomic mass is 9.93. The molecule has 166 valence electrons. The fourth-order valence-electron chi connectivity index (χ4n) is 3.72. The molecule has 1 aromatic carbocycles. The molecule has 3 heterocycles. The molecule has 2 aromatic heterocycles. The van der Waals surface area contributed by atoms with E-state index in [0.29, 0.717) is 31.3 Å². The molecule has 0 spiro atoms. The van der Waals surface area contributed by atoms with Crippen molar-refractivity contribution in [3.63, 3.8) is 0 Å². The van der Waals surface area contributed by atoms with Gasteiger partial charge >= 0.3 is 0 Å². The number of amides is 1. The zero-order valence-electron chi connectivity index (χ0n) is 17.8. The van der Waals surface area contributed by atoms with Crippen molar-refractivity contribution in [1.29, 1.82) is 0 Å². The molecular formula is C23H25FN6O2. The number of nitrogens with zero attached hydrogens (tertiary/aromatic N) is 5. The Morgan fingerprint density at radius 1 is 1.19 bits per heavy atom. The van der Waals surface area contributed by atoms with Crippen LogP contribution >= 0.6 is 0 Å². The first-order valence-electron chi connectivity index (χ1n) is 10.7. The van der Waals surface area contributed by atoms with Gasteiger partial charge in [-0.25, -0.2) is 19.3 Å². The number of ether oxygens (including phenoxy) is 1. The Morgan fingerprint density at radius 3 is 2.66 bits per heavy atom. The van der Waals surface area contributed by atoms with Gasteiger partial charge in [-0.15, -0.1) is 0 Å². The monoisotopic (exact) mass is 436 g/mol. The lowest BCUT2D eigenvalue weighted by molar-refractivity contribution is -0.140. The van der Waals surface area contributed by atoms with Crippen molar-refractivity contribution in [2.75, 3.05) is 18.4 Å². The number of carbonyl (C=O) groups is 1. The van der Waals surface area contributed by atoms with Gasteiger partial charge in [0.15, 0.2) is 23.5 Å². The number of aromatic nitrogens is 4. The number of rotatable bonds is 7. The highest BCUT2D eigenvalue weighted by Crippen LogP contribution is 2.28. The highest BCUT2D eigenvalue weighted by Gasteiger charge is 2.30. The molecule has 1 fully saturated rings. The van der Waals surface area contributed by atoms with Gasteiger partial charge in [0.2, 0.25) is 5.95 Å². The van der Waals surface area contributed by atoms with Gasteiger partial charge in [-0.1, -0.05) is 19.1 Å². The van der Waals surface area contributed by atoms with Gasteiger partial charge in [0, 0.05) is 37.6 Å². The Balaban J connectivity index is 1.36. The Bertz CT molecular complexity index is 1040. The van der Waals surface area contributed by atoms with Crippen molar-refractivity contribution < 1.29 is 13.9 Å². The van der Waals surface area contributed by atoms with Crippen LogP contribution in [0.3, 0.4) is 0 Å². The standard InChI is InChI=1S/C23H25FN6O2/c1-2-19(32-20-7-4-3-6-17(20)24)22(31)30-12-8-16(9-13-30)18-14-25-15-21(28-18)29-23-26-10-5-11-27-23/h3-7,10-11,14-16,19H,2,8-9,12-13H2,1H3,(H,26,27,28,29). The summed E-state index contributed by atoms with van der Waals surface area (Å²) >= 11 is 0. The van der Waals surface area contributed by atoms with E-state index in [1.165, 1.54) is 12.1 Å². The molecule has 8 nitrogen and oxygen atoms in total. The Morgan fingerprint density at radius 2 is 1.94 bits per heavy atom. The Hall–Kier alpha value is -3.62. The number of anilines is 2. The molecule has 1 aliphatic heterocycles. The van der Waals surface area contributed by atoms with Crippen LogP contribution in [0.4, 0.5) is 16.2 Å². The van der Waals surface area contributed by atoms with Gasteiger partial charge in [0.25, 0.3) is 5.91 Å². The fourth-order valence-corrected chi connectivity index (χ4v) is 3.72. The average Bonchev–Trinajstić information content (AvgIpc) is 2.84. The summed E-state index contributed by atoms with van der Waals surface area (Å²) in [5.41, 5.74) is 0.868. The second-order valence-corrected chi connectivity index (χ2v) is 7.57. The zero-order chi connectivity index (χ0) is 22.3. The smallest absolute Gasteiger partial charge is 0.263 e. The lowest BCUT2D eigenvalue weighted by Crippen LogP contribution is -2.45. The molecule has 3 aromatic rings. The first-order chi connectivity index (χ1) is 15.6. The maximum Gasteiger partial charge on any atom is 0.263 e. The van der Waals surface area contributed by atoms with Gasteiger partial charge < -0.3 is 15.0 Å². The van der Waals surface area contributed by atoms with Crippen molar-refractivity contribution >= 4 is 17.7 Å². The third-order valence-corrected chi connectivity index (χ3v) is 5.44. The summed E-state index contributed by atoms with van der Waals surface area (Å²) in [6.07, 6.45) is 7.98. The summed E-state index contributed by atoms with van der Waals surface area (Å²) in [7, 11) is 0. The molecule has 9 heteroatoms. The van der Waals surface area contributed by atoms with Gasteiger partial charge in [0.1, 0.15) is 0 Å². The molecule has 0 bridgehead atoms. The maximum atomic E-state index is 13.9. The summed E-state index contributed by atoms with van der Waals surface area (Å²) in [4.78, 5) is 32.0. The number of benzene rings is 1. The molecule has 0 radical (unpaired) electrons. The van der Waals surface area contributed by atoms with Crippen LogP contribution in [0.5, 0.6) is 5.75 Å². The minimum atomic E-state index is -0.707. The molecule has 1 N–H and O–H groups in total. The summed E-state index contributed by atoms with van der Waals surface area (Å²) in [6.45, 7) is 3.03. The van der Waals surface area contributed by atoms with Crippen LogP contribution in [-0.4, -0.2) is 49.9 Å². The quantitative estimate of drug-likeness (QED) is 0.603. The van der Waals surface area contributed by atoms with Crippen molar-refractivity contribution in [1.82, 2.24) is 24.8 Å². The zero-order valence-corrected chi connectivity index (χ0v) is 17.8. The highest BCUT2D eigenvalue weighted by molar-refractivity contribution is 5.81. The van der Waals surface area contributed by atoms with E-state index in [9.17, 15) is 9.18 Å². The van der Waals surface area contributed by atoms with Gasteiger partial charge in [-0.05, 0) is 37.5 Å². The molecule has 32 heavy (non-hydrogen) atoms. The summed E-state index contributed by atoms with van der Waals surface area (Å²) in [6, 6.07) is 7.89. The highest BCUT2D eigenvalue weighted by atomic mass is 19.1. The van der Waals surface area contributed by atoms with E-state index in [1.807, 2.05) is 6.92 Å². The molecule has 4 rings (SSSR count). The van der Waals surface area contributed by atoms with Crippen molar-refractivity contribution in [3.05, 3.63) is 66.6 Å². The predicted octanol–water partition coefficient (Wildman–Crippen LogP) is 3.71. The molecule has 0 aliphatic carbocycles. The normalized spacial score (nSPS) is 15.2. The van der Waals surface area contributed by atoms with Gasteiger partial charge in [-0.2, -0.15) is 0 Å². The number of carbonyl (C=O) groups excluding carboxylic acids is 1. The van der Waals surface area contributed by atoms with Gasteiger partial charge in [0.05, 0.1) is 11.9 Å². The lowest BCUT2D eigenvalue weighted by Gasteiger charge is -2.33. The van der Waals surface area contributed by atoms with Crippen molar-refractivity contribution in [2.45, 2.75) is 38.2 Å². The van der Waals surface area contributed by atoms with Crippen molar-refractivity contribution in [3.8, 4) is 5.75 Å². The second-order valence-electron chi connectivity index (χ2n) is 7.57. The van der Waals surface area contributed by atoms with Crippen LogP contribution in [0.2, 0.25) is 0 Å². The second kappa shape index (κ2) is 10.1. The van der Waals surface area contributed by atoms with E-state index in [1.54, 1.807) is 47.9 Å². The molecule has 1 atom stereocenters. The van der Waals surface area contributed by atoms with E-state index >= 15 is 0 Å². The molecule has 1 amide bonds. The topological polar surface area (TPSA) is 93.1 Å². The largest absolute Gasteiger partial charge is 0.478 e. The van der Waals surface area contributed by atoms with E-state index in [2.05, 4.69) is 25.3 Å². The van der Waals surface area contributed by atoms with E-state index in [0.717, 1.165) is 18.5 Å². The van der Waals surface area contributed by atoms with E-state index in [4.69, 9.17) is 4.74 Å². The van der Waals surface area contributed by atoms with Crippen LogP contribution in [-0.2, 0) is 4.79 Å². The first-order valence-corrected chi connectivity index (χ1v) is 10.7. The number of nitrogens with one attached hydrogen (secondary N) is 1. The summed E-state index contributed by atoms with van der Waals surface area (Å²) in [5, 5.41) is 3.05. The number of likely N-dealkylation sites (tertiary alicyclic amines) is 1. The summed E-state index contributed by atoms with van der Waals surface area (Å²) < 4.78 is 19.6. The third-order valence-electron chi connectivity index (χ3n) is 5.44. The number of piperidine rings is 1. The number of para-hydroxylation sites is 1. The van der Waals surface area contributed by atoms with Crippen LogP contribution in [0.15, 0.2) is 55.1 Å². The Kier molecular flexibility index (Phi) is 6.84. The van der Waals surface area contributed by atoms with Crippen LogP contribution < -0.4 is 10.1 Å². The van der Waals surface area contributed by atoms with Crippen LogP contribution in [0, 0.1) is 5.82 Å². The number of hydrogen-bond donors (Lipinski definition) is 1. The van der Waals surface area contributed by atoms with Crippen molar-refractivity contribution in [2.24, 2.45) is 0 Å². The van der Waals surface area contributed by atoms with E-state index in [-0.39, 0.29) is 17.6 Å². The minimum absolute atomic E-state index is 0.101. The Labute approximate surface area is 185 Å². The molecule has 1 aliphatic rings. The van der Waals surface area contributed by atoms with Crippen LogP contribution in [0.1, 0.15) is 37.8 Å². The molecule has 1 unspecified atom stereocenters. The van der Waals surface area contributed by atoms with Gasteiger partial charge in [-0.3, -0.25) is 9.78 Å². The summed E-state index contributed by atoms with van der Waals surface area (Å²) in [5.74, 6) is 0.751. The number of hydrogen-bond acceptors (Lipinski definition) is 7. The maximum absolute atomic E-state index is 13.9. The fraction of sp³-hybridized carbons (Fsp3) is 0.348. The molecule has 1 saturated heterocycles. The minimum Gasteiger partial charge on any atom is -0.478 e. The molecular weight excluding hydrogens is 411 g/mol. The van der Waals surface area contributed by atoms with E-state index < -0.39 is 11.9 Å². The number of halogens is 1. The predicted molar refractivity (Wildman–Crippen MR) is 117 cm³/mol. The average molecular weight is 436 g/mol.